The number of nitrogens with one attached hydrogen (secondary N) is 1. The van der Waals surface area contributed by atoms with Crippen molar-refractivity contribution in [2.45, 2.75) is 34.6 Å². The van der Waals surface area contributed by atoms with Crippen molar-refractivity contribution in [1.82, 2.24) is 14.1 Å². The van der Waals surface area contributed by atoms with Gasteiger partial charge < -0.3 is 9.88 Å². The number of carbonyl (C=O) groups excluding carboxylic acids is 1. The van der Waals surface area contributed by atoms with E-state index in [2.05, 4.69) is 36.8 Å². The van der Waals surface area contributed by atoms with Crippen LogP contribution in [0.1, 0.15) is 33.3 Å². The van der Waals surface area contributed by atoms with Crippen molar-refractivity contribution in [1.29, 1.82) is 0 Å². The van der Waals surface area contributed by atoms with Gasteiger partial charge >= 0.3 is 6.03 Å². The highest BCUT2D eigenvalue weighted by atomic mass is 16.2. The molecule has 0 saturated heterocycles. The van der Waals surface area contributed by atoms with E-state index in [1.165, 1.54) is 10.9 Å². The number of amides is 1. The number of benzene rings is 1. The maximum atomic E-state index is 13.1. The highest BCUT2D eigenvalue weighted by molar-refractivity contribution is 5.91. The minimum atomic E-state index is -0.310. The molecule has 2 heterocycles. The van der Waals surface area contributed by atoms with Gasteiger partial charge in [0.2, 0.25) is 0 Å². The van der Waals surface area contributed by atoms with E-state index in [0.717, 1.165) is 21.7 Å². The number of aromatic nitrogens is 3. The van der Waals surface area contributed by atoms with Crippen molar-refractivity contribution < 1.29 is 4.79 Å². The number of pyridine rings is 1. The molecule has 0 saturated carbocycles. The first kappa shape index (κ1) is 24.6. The van der Waals surface area contributed by atoms with Crippen LogP contribution in [0.5, 0.6) is 0 Å². The lowest BCUT2D eigenvalue weighted by Gasteiger charge is -2.12. The average molecular weight is 433 g/mol. The van der Waals surface area contributed by atoms with Gasteiger partial charge in [-0.15, -0.1) is 6.58 Å². The summed E-state index contributed by atoms with van der Waals surface area (Å²) in [5.74, 6) is 0.327. The Balaban J connectivity index is 0.00000114. The van der Waals surface area contributed by atoms with E-state index in [1.807, 2.05) is 51.1 Å². The van der Waals surface area contributed by atoms with E-state index < -0.39 is 0 Å². The highest BCUT2D eigenvalue weighted by Gasteiger charge is 2.12. The maximum absolute atomic E-state index is 13.1. The monoisotopic (exact) mass is 432 g/mol. The fraction of sp³-hybridized carbons (Fsp3) is 0.269. The molecule has 0 bridgehead atoms. The summed E-state index contributed by atoms with van der Waals surface area (Å²) in [6.45, 7) is 13.4. The highest BCUT2D eigenvalue weighted by Crippen LogP contribution is 2.23. The molecular formula is C26H32N4O2. The first-order valence-electron chi connectivity index (χ1n) is 10.6. The van der Waals surface area contributed by atoms with Crippen LogP contribution < -0.4 is 21.4 Å². The number of allylic oxidation sites excluding steroid dienone is 1. The molecule has 1 N–H and O–H groups in total. The van der Waals surface area contributed by atoms with Gasteiger partial charge in [-0.3, -0.25) is 9.36 Å². The predicted molar refractivity (Wildman–Crippen MR) is 133 cm³/mol. The molecular weight excluding hydrogens is 400 g/mol. The molecule has 6 nitrogen and oxygen atoms in total. The second-order valence-corrected chi connectivity index (χ2v) is 7.80. The van der Waals surface area contributed by atoms with E-state index in [1.54, 1.807) is 30.1 Å². The van der Waals surface area contributed by atoms with Crippen LogP contribution in [0.2, 0.25) is 0 Å². The molecule has 0 fully saturated rings. The molecule has 0 unspecified atom stereocenters. The summed E-state index contributed by atoms with van der Waals surface area (Å²) in [6.07, 6.45) is 10.4. The van der Waals surface area contributed by atoms with E-state index in [0.29, 0.717) is 17.2 Å². The second-order valence-electron chi connectivity index (χ2n) is 7.80. The Kier molecular flexibility index (Phi) is 8.53. The fourth-order valence-corrected chi connectivity index (χ4v) is 3.28. The number of aryl methyl sites for hydroxylation is 1. The van der Waals surface area contributed by atoms with Crippen molar-refractivity contribution in [3.8, 4) is 11.1 Å². The molecule has 2 aromatic heterocycles. The summed E-state index contributed by atoms with van der Waals surface area (Å²) < 4.78 is 3.06. The standard InChI is InChI=1S/C23H26N4O2.C3H6/c1-6-17-12-20(22(28)26(5)21(17)11-15(2)3)19-13-18(8-7-16(19)4)25-23(29)27-10-9-24-14-27;1-3-2/h6-15H,1-5H3,(H,25,29);3H,1H2,2H3/b17-6-,21-11+;. The van der Waals surface area contributed by atoms with Crippen LogP contribution in [-0.4, -0.2) is 20.1 Å². The molecule has 3 rings (SSSR count). The van der Waals surface area contributed by atoms with Crippen molar-refractivity contribution in [2.24, 2.45) is 13.0 Å². The third kappa shape index (κ3) is 5.72. The van der Waals surface area contributed by atoms with Crippen molar-refractivity contribution in [3.05, 3.63) is 82.1 Å². The van der Waals surface area contributed by atoms with E-state index in [-0.39, 0.29) is 11.6 Å². The summed E-state index contributed by atoms with van der Waals surface area (Å²) in [5, 5.41) is 4.76. The minimum Gasteiger partial charge on any atom is -0.311 e. The third-order valence-corrected chi connectivity index (χ3v) is 4.81. The molecule has 0 aliphatic rings. The molecule has 0 aliphatic carbocycles. The Morgan fingerprint density at radius 2 is 1.88 bits per heavy atom. The number of imidazole rings is 1. The first-order valence-corrected chi connectivity index (χ1v) is 10.6. The van der Waals surface area contributed by atoms with Gasteiger partial charge in [0.15, 0.2) is 0 Å². The van der Waals surface area contributed by atoms with Gasteiger partial charge in [0.05, 0.1) is 0 Å². The molecule has 32 heavy (non-hydrogen) atoms. The molecule has 6 heteroatoms. The lowest BCUT2D eigenvalue weighted by Crippen LogP contribution is -2.42. The molecule has 1 aromatic carbocycles. The quantitative estimate of drug-likeness (QED) is 0.635. The molecule has 0 radical (unpaired) electrons. The summed E-state index contributed by atoms with van der Waals surface area (Å²) in [4.78, 5) is 29.3. The van der Waals surface area contributed by atoms with Gasteiger partial charge in [0.25, 0.3) is 5.56 Å². The number of carbonyl (C=O) groups is 1. The Labute approximate surface area is 189 Å². The van der Waals surface area contributed by atoms with E-state index in [4.69, 9.17) is 0 Å². The van der Waals surface area contributed by atoms with Gasteiger partial charge in [-0.2, -0.15) is 0 Å². The number of anilines is 1. The zero-order valence-electron chi connectivity index (χ0n) is 19.7. The number of nitrogens with zero attached hydrogens (tertiary/aromatic N) is 3. The molecule has 168 valence electrons. The first-order chi connectivity index (χ1) is 15.2. The number of rotatable bonds is 3. The molecule has 0 aliphatic heterocycles. The zero-order chi connectivity index (χ0) is 23.8. The predicted octanol–water partition coefficient (Wildman–Crippen LogP) is 4.07. The Morgan fingerprint density at radius 3 is 2.44 bits per heavy atom. The van der Waals surface area contributed by atoms with E-state index >= 15 is 0 Å². The van der Waals surface area contributed by atoms with Crippen LogP contribution in [0.4, 0.5) is 10.5 Å². The summed E-state index contributed by atoms with van der Waals surface area (Å²) in [6, 6.07) is 7.19. The Hall–Kier alpha value is -3.67. The zero-order valence-corrected chi connectivity index (χ0v) is 19.7. The van der Waals surface area contributed by atoms with Crippen molar-refractivity contribution in [3.63, 3.8) is 0 Å². The molecule has 0 atom stereocenters. The number of hydrogen-bond donors (Lipinski definition) is 1. The largest absolute Gasteiger partial charge is 0.331 e. The minimum absolute atomic E-state index is 0.0660. The van der Waals surface area contributed by atoms with Crippen LogP contribution >= 0.6 is 0 Å². The van der Waals surface area contributed by atoms with Crippen LogP contribution in [-0.2, 0) is 7.05 Å². The summed E-state index contributed by atoms with van der Waals surface area (Å²) in [5.41, 5.74) is 2.92. The normalized spacial score (nSPS) is 11.8. The van der Waals surface area contributed by atoms with Crippen molar-refractivity contribution >= 4 is 23.9 Å². The van der Waals surface area contributed by atoms with Crippen LogP contribution in [0, 0.1) is 12.8 Å². The third-order valence-electron chi connectivity index (χ3n) is 4.81. The lowest BCUT2D eigenvalue weighted by molar-refractivity contribution is 0.253. The summed E-state index contributed by atoms with van der Waals surface area (Å²) >= 11 is 0. The Morgan fingerprint density at radius 1 is 1.19 bits per heavy atom. The van der Waals surface area contributed by atoms with Gasteiger partial charge in [-0.1, -0.05) is 38.1 Å². The average Bonchev–Trinajstić information content (AvgIpc) is 3.29. The van der Waals surface area contributed by atoms with Crippen LogP contribution in [0.15, 0.2) is 60.4 Å². The second kappa shape index (κ2) is 11.1. The molecule has 3 aromatic rings. The van der Waals surface area contributed by atoms with Crippen molar-refractivity contribution in [2.75, 3.05) is 5.32 Å². The smallest absolute Gasteiger partial charge is 0.311 e. The fourth-order valence-electron chi connectivity index (χ4n) is 3.28. The molecule has 1 amide bonds. The lowest BCUT2D eigenvalue weighted by atomic mass is 10.00. The van der Waals surface area contributed by atoms with Gasteiger partial charge in [0.1, 0.15) is 6.33 Å². The summed E-state index contributed by atoms with van der Waals surface area (Å²) in [7, 11) is 1.80. The Bertz CT molecular complexity index is 1270. The van der Waals surface area contributed by atoms with Gasteiger partial charge in [-0.25, -0.2) is 9.78 Å². The van der Waals surface area contributed by atoms with Gasteiger partial charge in [0, 0.05) is 36.0 Å². The van der Waals surface area contributed by atoms with Gasteiger partial charge in [-0.05, 0) is 61.2 Å². The maximum Gasteiger partial charge on any atom is 0.331 e. The van der Waals surface area contributed by atoms with E-state index in [9.17, 15) is 9.59 Å². The topological polar surface area (TPSA) is 68.9 Å². The van der Waals surface area contributed by atoms with Crippen LogP contribution in [0.3, 0.4) is 0 Å². The SMILES string of the molecule is C/C=c1/cc(-c2cc(NC(=O)n3ccnc3)ccc2C)c(=O)n(C)/c1=C/C(C)C.C=CC. The number of hydrogen-bond acceptors (Lipinski definition) is 3. The van der Waals surface area contributed by atoms with Crippen LogP contribution in [0.25, 0.3) is 23.3 Å². The molecule has 0 spiro atoms.